The number of likely N-dealkylation sites (tertiary alicyclic amines) is 1. The van der Waals surface area contributed by atoms with Gasteiger partial charge in [0, 0.05) is 25.9 Å². The van der Waals surface area contributed by atoms with Gasteiger partial charge in [0.15, 0.2) is 11.5 Å². The molecule has 2 saturated heterocycles. The fraction of sp³-hybridized carbons (Fsp3) is 0.692. The third kappa shape index (κ3) is 2.56. The van der Waals surface area contributed by atoms with Crippen LogP contribution in [0.3, 0.4) is 0 Å². The van der Waals surface area contributed by atoms with Gasteiger partial charge in [0.1, 0.15) is 6.26 Å². The second kappa shape index (κ2) is 5.51. The minimum atomic E-state index is -0.460. The largest absolute Gasteiger partial charge is 0.447 e. The number of nitrogens with zero attached hydrogens (tertiary/aromatic N) is 2. The molecule has 7 nitrogen and oxygen atoms in total. The van der Waals surface area contributed by atoms with Gasteiger partial charge in [-0.15, -0.1) is 0 Å². The first kappa shape index (κ1) is 13.5. The number of hydrogen-bond donors (Lipinski definition) is 1. The van der Waals surface area contributed by atoms with Crippen molar-refractivity contribution in [2.75, 3.05) is 33.4 Å². The Morgan fingerprint density at radius 2 is 2.10 bits per heavy atom. The Balaban J connectivity index is 1.60. The van der Waals surface area contributed by atoms with Crippen molar-refractivity contribution >= 4 is 5.91 Å². The van der Waals surface area contributed by atoms with Crippen LogP contribution < -0.4 is 5.32 Å². The molecule has 2 aliphatic heterocycles. The summed E-state index contributed by atoms with van der Waals surface area (Å²) in [5.74, 6) is -0.0338. The topological polar surface area (TPSA) is 76.8 Å². The summed E-state index contributed by atoms with van der Waals surface area (Å²) in [6.07, 6.45) is 2.84. The van der Waals surface area contributed by atoms with Crippen LogP contribution >= 0.6 is 0 Å². The second-order valence-electron chi connectivity index (χ2n) is 5.06. The summed E-state index contributed by atoms with van der Waals surface area (Å²) in [7, 11) is 1.80. The van der Waals surface area contributed by atoms with E-state index in [0.29, 0.717) is 57.3 Å². The van der Waals surface area contributed by atoms with Crippen molar-refractivity contribution < 1.29 is 18.7 Å². The summed E-state index contributed by atoms with van der Waals surface area (Å²) in [4.78, 5) is 18.3. The lowest BCUT2D eigenvalue weighted by atomic mass is 10.0. The third-order valence-electron chi connectivity index (χ3n) is 3.72. The fourth-order valence-corrected chi connectivity index (χ4v) is 2.64. The van der Waals surface area contributed by atoms with Crippen molar-refractivity contribution in [3.8, 4) is 0 Å². The molecular formula is C13H19N3O4. The van der Waals surface area contributed by atoms with Crippen molar-refractivity contribution in [2.45, 2.75) is 25.2 Å². The predicted octanol–water partition coefficient (Wildman–Crippen LogP) is 0.373. The van der Waals surface area contributed by atoms with Gasteiger partial charge in [-0.25, -0.2) is 4.98 Å². The van der Waals surface area contributed by atoms with E-state index in [1.165, 1.54) is 6.26 Å². The molecule has 1 amide bonds. The molecule has 0 saturated carbocycles. The average Bonchev–Trinajstić information content (AvgIpc) is 3.10. The second-order valence-corrected chi connectivity index (χ2v) is 5.06. The molecular weight excluding hydrogens is 262 g/mol. The van der Waals surface area contributed by atoms with Gasteiger partial charge in [0.2, 0.25) is 5.89 Å². The van der Waals surface area contributed by atoms with Crippen LogP contribution in [0, 0.1) is 0 Å². The quantitative estimate of drug-likeness (QED) is 0.863. The molecule has 3 rings (SSSR count). The lowest BCUT2D eigenvalue weighted by Crippen LogP contribution is -2.47. The number of ether oxygens (including phenoxy) is 2. The summed E-state index contributed by atoms with van der Waals surface area (Å²) in [5.41, 5.74) is 0.361. The number of rotatable bonds is 3. The molecule has 0 atom stereocenters. The molecule has 1 aromatic heterocycles. The van der Waals surface area contributed by atoms with Gasteiger partial charge in [-0.3, -0.25) is 4.79 Å². The van der Waals surface area contributed by atoms with E-state index in [-0.39, 0.29) is 5.91 Å². The summed E-state index contributed by atoms with van der Waals surface area (Å²) >= 11 is 0. The van der Waals surface area contributed by atoms with Crippen molar-refractivity contribution in [3.63, 3.8) is 0 Å². The molecule has 1 spiro atoms. The first-order chi connectivity index (χ1) is 9.72. The molecule has 7 heteroatoms. The van der Waals surface area contributed by atoms with Crippen LogP contribution in [0.2, 0.25) is 0 Å². The van der Waals surface area contributed by atoms with Crippen LogP contribution in [0.25, 0.3) is 0 Å². The van der Waals surface area contributed by atoms with Gasteiger partial charge in [-0.05, 0) is 7.05 Å². The molecule has 1 N–H and O–H groups in total. The molecule has 0 unspecified atom stereocenters. The number of amides is 1. The smallest absolute Gasteiger partial charge is 0.275 e. The fourth-order valence-electron chi connectivity index (χ4n) is 2.64. The lowest BCUT2D eigenvalue weighted by molar-refractivity contribution is -0.181. The number of piperidine rings is 1. The number of oxazole rings is 1. The molecule has 20 heavy (non-hydrogen) atoms. The van der Waals surface area contributed by atoms with E-state index in [1.807, 2.05) is 0 Å². The lowest BCUT2D eigenvalue weighted by Gasteiger charge is -2.37. The Labute approximate surface area is 117 Å². The highest BCUT2D eigenvalue weighted by Gasteiger charge is 2.41. The molecule has 2 aliphatic rings. The maximum absolute atomic E-state index is 12.3. The molecule has 3 heterocycles. The number of hydrogen-bond acceptors (Lipinski definition) is 6. The Kier molecular flexibility index (Phi) is 3.73. The highest BCUT2D eigenvalue weighted by Crippen LogP contribution is 2.31. The Bertz CT molecular complexity index is 472. The van der Waals surface area contributed by atoms with Crippen molar-refractivity contribution in [1.29, 1.82) is 0 Å². The van der Waals surface area contributed by atoms with Crippen LogP contribution in [-0.2, 0) is 16.0 Å². The molecule has 0 aromatic carbocycles. The molecule has 110 valence electrons. The standard InChI is InChI=1S/C13H19N3O4/c1-14-8-11-15-10(9-18-11)12(17)16-4-2-13(3-5-16)19-6-7-20-13/h9,14H,2-8H2,1H3. The van der Waals surface area contributed by atoms with Crippen LogP contribution in [0.4, 0.5) is 0 Å². The monoisotopic (exact) mass is 281 g/mol. The Hall–Kier alpha value is -1.44. The Morgan fingerprint density at radius 1 is 1.40 bits per heavy atom. The maximum Gasteiger partial charge on any atom is 0.275 e. The summed E-state index contributed by atoms with van der Waals surface area (Å²) in [6, 6.07) is 0. The molecule has 0 aliphatic carbocycles. The van der Waals surface area contributed by atoms with Crippen molar-refractivity contribution in [3.05, 3.63) is 17.8 Å². The first-order valence-corrected chi connectivity index (χ1v) is 6.89. The van der Waals surface area contributed by atoms with E-state index in [2.05, 4.69) is 10.3 Å². The normalized spacial score (nSPS) is 21.6. The summed E-state index contributed by atoms with van der Waals surface area (Å²) in [5, 5.41) is 2.93. The zero-order valence-electron chi connectivity index (χ0n) is 11.6. The maximum atomic E-state index is 12.3. The van der Waals surface area contributed by atoms with E-state index in [4.69, 9.17) is 13.9 Å². The van der Waals surface area contributed by atoms with Gasteiger partial charge in [0.25, 0.3) is 5.91 Å². The van der Waals surface area contributed by atoms with Crippen molar-refractivity contribution in [1.82, 2.24) is 15.2 Å². The molecule has 0 radical (unpaired) electrons. The first-order valence-electron chi connectivity index (χ1n) is 6.89. The number of carbonyl (C=O) groups excluding carboxylic acids is 1. The van der Waals surface area contributed by atoms with E-state index in [1.54, 1.807) is 11.9 Å². The number of aromatic nitrogens is 1. The zero-order valence-corrected chi connectivity index (χ0v) is 11.6. The van der Waals surface area contributed by atoms with E-state index >= 15 is 0 Å². The van der Waals surface area contributed by atoms with Gasteiger partial charge in [-0.2, -0.15) is 0 Å². The average molecular weight is 281 g/mol. The van der Waals surface area contributed by atoms with E-state index in [9.17, 15) is 4.79 Å². The van der Waals surface area contributed by atoms with Crippen LogP contribution in [0.5, 0.6) is 0 Å². The SMILES string of the molecule is CNCc1nc(C(=O)N2CCC3(CC2)OCCO3)co1. The summed E-state index contributed by atoms with van der Waals surface area (Å²) < 4.78 is 16.5. The van der Waals surface area contributed by atoms with E-state index in [0.717, 1.165) is 0 Å². The van der Waals surface area contributed by atoms with E-state index < -0.39 is 5.79 Å². The van der Waals surface area contributed by atoms with Gasteiger partial charge in [-0.1, -0.05) is 0 Å². The van der Waals surface area contributed by atoms with Crippen LogP contribution in [-0.4, -0.2) is 54.9 Å². The third-order valence-corrected chi connectivity index (χ3v) is 3.72. The van der Waals surface area contributed by atoms with Crippen LogP contribution in [0.15, 0.2) is 10.7 Å². The minimum absolute atomic E-state index is 0.0936. The summed E-state index contributed by atoms with van der Waals surface area (Å²) in [6.45, 7) is 3.04. The minimum Gasteiger partial charge on any atom is -0.447 e. The van der Waals surface area contributed by atoms with Gasteiger partial charge >= 0.3 is 0 Å². The van der Waals surface area contributed by atoms with Gasteiger partial charge in [0.05, 0.1) is 19.8 Å². The van der Waals surface area contributed by atoms with Crippen molar-refractivity contribution in [2.24, 2.45) is 0 Å². The predicted molar refractivity (Wildman–Crippen MR) is 69.0 cm³/mol. The molecule has 2 fully saturated rings. The zero-order chi connectivity index (χ0) is 14.0. The van der Waals surface area contributed by atoms with Crippen LogP contribution in [0.1, 0.15) is 29.2 Å². The highest BCUT2D eigenvalue weighted by atomic mass is 16.7. The highest BCUT2D eigenvalue weighted by molar-refractivity contribution is 5.92. The number of carbonyl (C=O) groups is 1. The molecule has 0 bridgehead atoms. The molecule has 1 aromatic rings. The Morgan fingerprint density at radius 3 is 2.75 bits per heavy atom. The van der Waals surface area contributed by atoms with Gasteiger partial charge < -0.3 is 24.1 Å². The number of nitrogens with one attached hydrogen (secondary N) is 1.